The number of hydrogen-bond donors (Lipinski definition) is 2. The van der Waals surface area contributed by atoms with Crippen molar-refractivity contribution < 1.29 is 9.84 Å². The summed E-state index contributed by atoms with van der Waals surface area (Å²) in [5.74, 6) is 1.25. The fourth-order valence-electron chi connectivity index (χ4n) is 2.41. The number of aliphatic hydroxyl groups is 1. The van der Waals surface area contributed by atoms with Crippen molar-refractivity contribution >= 4 is 0 Å². The van der Waals surface area contributed by atoms with Gasteiger partial charge in [0.05, 0.1) is 12.7 Å². The van der Waals surface area contributed by atoms with Gasteiger partial charge in [0.1, 0.15) is 5.75 Å². The second-order valence-corrected chi connectivity index (χ2v) is 5.89. The van der Waals surface area contributed by atoms with Crippen LogP contribution >= 0.6 is 0 Å². The quantitative estimate of drug-likeness (QED) is 0.805. The summed E-state index contributed by atoms with van der Waals surface area (Å²) in [6, 6.07) is 4.10. The molecule has 1 rings (SSSR count). The van der Waals surface area contributed by atoms with Gasteiger partial charge in [0, 0.05) is 6.04 Å². The molecule has 0 saturated heterocycles. The Hall–Kier alpha value is -1.06. The molecule has 0 amide bonds. The van der Waals surface area contributed by atoms with Gasteiger partial charge in [-0.25, -0.2) is 0 Å². The van der Waals surface area contributed by atoms with Crippen LogP contribution in [0.2, 0.25) is 0 Å². The van der Waals surface area contributed by atoms with Crippen LogP contribution in [0.25, 0.3) is 0 Å². The van der Waals surface area contributed by atoms with Crippen LogP contribution in [-0.2, 0) is 0 Å². The van der Waals surface area contributed by atoms with Crippen molar-refractivity contribution in [3.05, 3.63) is 28.8 Å². The lowest BCUT2D eigenvalue weighted by atomic mass is 9.89. The van der Waals surface area contributed by atoms with E-state index >= 15 is 0 Å². The first-order valence-corrected chi connectivity index (χ1v) is 7.54. The molecule has 0 aliphatic heterocycles. The predicted molar refractivity (Wildman–Crippen MR) is 84.4 cm³/mol. The minimum atomic E-state index is -0.458. The number of rotatable bonds is 7. The summed E-state index contributed by atoms with van der Waals surface area (Å²) in [5, 5.41) is 9.94. The molecule has 3 heteroatoms. The van der Waals surface area contributed by atoms with Crippen LogP contribution in [0.3, 0.4) is 0 Å². The molecule has 0 saturated carbocycles. The Morgan fingerprint density at radius 2 is 1.85 bits per heavy atom. The van der Waals surface area contributed by atoms with E-state index in [1.807, 2.05) is 6.92 Å². The monoisotopic (exact) mass is 279 g/mol. The van der Waals surface area contributed by atoms with Gasteiger partial charge in [-0.3, -0.25) is 0 Å². The molecule has 3 atom stereocenters. The topological polar surface area (TPSA) is 55.5 Å². The lowest BCUT2D eigenvalue weighted by Crippen LogP contribution is -2.32. The van der Waals surface area contributed by atoms with E-state index in [1.54, 1.807) is 0 Å². The first-order valence-electron chi connectivity index (χ1n) is 7.54. The van der Waals surface area contributed by atoms with Crippen LogP contribution in [0, 0.1) is 13.8 Å². The van der Waals surface area contributed by atoms with Crippen LogP contribution in [0.1, 0.15) is 56.2 Å². The zero-order chi connectivity index (χ0) is 15.3. The smallest absolute Gasteiger partial charge is 0.122 e. The van der Waals surface area contributed by atoms with Crippen molar-refractivity contribution in [2.24, 2.45) is 5.73 Å². The average Bonchev–Trinajstić information content (AvgIpc) is 2.38. The largest absolute Gasteiger partial charge is 0.493 e. The number of aliphatic hydroxyl groups excluding tert-OH is 1. The van der Waals surface area contributed by atoms with E-state index in [0.717, 1.165) is 24.3 Å². The fourth-order valence-corrected chi connectivity index (χ4v) is 2.41. The van der Waals surface area contributed by atoms with Crippen molar-refractivity contribution in [2.75, 3.05) is 6.61 Å². The van der Waals surface area contributed by atoms with Crippen molar-refractivity contribution in [2.45, 2.75) is 65.5 Å². The third-order valence-corrected chi connectivity index (χ3v) is 3.76. The molecular formula is C17H29NO2. The molecule has 0 aliphatic rings. The SMILES string of the molecule is CCCOc1cc(C)c(C(C)CC(O)C(C)N)cc1C. The number of hydrogen-bond acceptors (Lipinski definition) is 3. The maximum absolute atomic E-state index is 9.94. The van der Waals surface area contributed by atoms with E-state index in [-0.39, 0.29) is 12.0 Å². The maximum atomic E-state index is 9.94. The van der Waals surface area contributed by atoms with Crippen LogP contribution in [0.15, 0.2) is 12.1 Å². The number of benzene rings is 1. The van der Waals surface area contributed by atoms with Gasteiger partial charge in [-0.1, -0.05) is 19.9 Å². The molecule has 20 heavy (non-hydrogen) atoms. The first kappa shape index (κ1) is 17.0. The van der Waals surface area contributed by atoms with Gasteiger partial charge in [-0.15, -0.1) is 0 Å². The standard InChI is InChI=1S/C17H29NO2/c1-6-7-20-17-10-12(3)15(8-13(17)4)11(2)9-16(19)14(5)18/h8,10-11,14,16,19H,6-7,9,18H2,1-5H3. The Kier molecular flexibility index (Phi) is 6.50. The molecular weight excluding hydrogens is 250 g/mol. The van der Waals surface area contributed by atoms with Gasteiger partial charge < -0.3 is 15.6 Å². The van der Waals surface area contributed by atoms with Gasteiger partial charge in [0.15, 0.2) is 0 Å². The number of aryl methyl sites for hydroxylation is 2. The third-order valence-electron chi connectivity index (χ3n) is 3.76. The zero-order valence-electron chi connectivity index (χ0n) is 13.4. The highest BCUT2D eigenvalue weighted by Gasteiger charge is 2.18. The van der Waals surface area contributed by atoms with Gasteiger partial charge in [0.2, 0.25) is 0 Å². The maximum Gasteiger partial charge on any atom is 0.122 e. The summed E-state index contributed by atoms with van der Waals surface area (Å²) in [6.07, 6.45) is 1.24. The van der Waals surface area contributed by atoms with Crippen molar-refractivity contribution in [1.82, 2.24) is 0 Å². The molecule has 0 fully saturated rings. The Balaban J connectivity index is 2.88. The van der Waals surface area contributed by atoms with Gasteiger partial charge in [0.25, 0.3) is 0 Å². The average molecular weight is 279 g/mol. The molecule has 1 aromatic carbocycles. The van der Waals surface area contributed by atoms with Gasteiger partial charge in [-0.05, 0) is 62.3 Å². The van der Waals surface area contributed by atoms with Crippen molar-refractivity contribution in [3.63, 3.8) is 0 Å². The Morgan fingerprint density at radius 3 is 2.40 bits per heavy atom. The molecule has 3 unspecified atom stereocenters. The minimum absolute atomic E-state index is 0.189. The molecule has 0 heterocycles. The fraction of sp³-hybridized carbons (Fsp3) is 0.647. The summed E-state index contributed by atoms with van der Waals surface area (Å²) < 4.78 is 5.75. The van der Waals surface area contributed by atoms with Crippen molar-refractivity contribution in [1.29, 1.82) is 0 Å². The van der Waals surface area contributed by atoms with E-state index in [1.165, 1.54) is 11.1 Å². The highest BCUT2D eigenvalue weighted by Crippen LogP contribution is 2.30. The van der Waals surface area contributed by atoms with E-state index < -0.39 is 6.10 Å². The Labute approximate surface area is 123 Å². The van der Waals surface area contributed by atoms with E-state index in [9.17, 15) is 5.11 Å². The molecule has 0 aromatic heterocycles. The number of ether oxygens (including phenoxy) is 1. The van der Waals surface area contributed by atoms with Crippen LogP contribution < -0.4 is 10.5 Å². The van der Waals surface area contributed by atoms with Crippen molar-refractivity contribution in [3.8, 4) is 5.75 Å². The molecule has 114 valence electrons. The highest BCUT2D eigenvalue weighted by atomic mass is 16.5. The molecule has 3 nitrogen and oxygen atoms in total. The normalized spacial score (nSPS) is 15.8. The van der Waals surface area contributed by atoms with Crippen LogP contribution in [0.5, 0.6) is 5.75 Å². The summed E-state index contributed by atoms with van der Waals surface area (Å²) >= 11 is 0. The predicted octanol–water partition coefficient (Wildman–Crippen LogP) is 3.29. The van der Waals surface area contributed by atoms with E-state index in [2.05, 4.69) is 39.8 Å². The van der Waals surface area contributed by atoms with E-state index in [0.29, 0.717) is 6.42 Å². The molecule has 1 aromatic rings. The lowest BCUT2D eigenvalue weighted by molar-refractivity contribution is 0.134. The lowest BCUT2D eigenvalue weighted by Gasteiger charge is -2.22. The summed E-state index contributed by atoms with van der Waals surface area (Å²) in [5.41, 5.74) is 9.38. The summed E-state index contributed by atoms with van der Waals surface area (Å²) in [4.78, 5) is 0. The van der Waals surface area contributed by atoms with Crippen LogP contribution in [0.4, 0.5) is 0 Å². The van der Waals surface area contributed by atoms with E-state index in [4.69, 9.17) is 10.5 Å². The molecule has 0 bridgehead atoms. The molecule has 0 radical (unpaired) electrons. The molecule has 0 spiro atoms. The number of nitrogens with two attached hydrogens (primary N) is 1. The third kappa shape index (κ3) is 4.50. The molecule has 0 aliphatic carbocycles. The summed E-state index contributed by atoms with van der Waals surface area (Å²) in [7, 11) is 0. The second-order valence-electron chi connectivity index (χ2n) is 5.89. The zero-order valence-corrected chi connectivity index (χ0v) is 13.4. The summed E-state index contributed by atoms with van der Waals surface area (Å²) in [6.45, 7) is 11.0. The van der Waals surface area contributed by atoms with Crippen LogP contribution in [-0.4, -0.2) is 23.9 Å². The Bertz CT molecular complexity index is 429. The second kappa shape index (κ2) is 7.65. The first-order chi connectivity index (χ1) is 9.36. The Morgan fingerprint density at radius 1 is 1.20 bits per heavy atom. The minimum Gasteiger partial charge on any atom is -0.493 e. The van der Waals surface area contributed by atoms with Gasteiger partial charge >= 0.3 is 0 Å². The highest BCUT2D eigenvalue weighted by molar-refractivity contribution is 5.43. The molecule has 3 N–H and O–H groups in total. The van der Waals surface area contributed by atoms with Gasteiger partial charge in [-0.2, -0.15) is 0 Å².